The predicted octanol–water partition coefficient (Wildman–Crippen LogP) is 5.09. The van der Waals surface area contributed by atoms with Crippen molar-refractivity contribution in [3.8, 4) is 5.75 Å². The van der Waals surface area contributed by atoms with E-state index in [9.17, 15) is 4.79 Å². The molecular formula is C24H21N3O2S2. The summed E-state index contributed by atoms with van der Waals surface area (Å²) in [6, 6.07) is 23.6. The third-order valence-electron chi connectivity index (χ3n) is 4.55. The number of aryl methyl sites for hydroxylation is 1. The van der Waals surface area contributed by atoms with E-state index < -0.39 is 0 Å². The second-order valence-corrected chi connectivity index (χ2v) is 8.58. The van der Waals surface area contributed by atoms with Crippen molar-refractivity contribution in [3.05, 3.63) is 88.9 Å². The van der Waals surface area contributed by atoms with Crippen LogP contribution in [0.3, 0.4) is 0 Å². The number of hydrogen-bond acceptors (Lipinski definition) is 5. The zero-order valence-corrected chi connectivity index (χ0v) is 18.6. The summed E-state index contributed by atoms with van der Waals surface area (Å²) < 4.78 is 6.66. The number of nitrogens with zero attached hydrogens (tertiary/aromatic N) is 1. The fraction of sp³-hybridized carbons (Fsp3) is 0.125. The third kappa shape index (κ3) is 5.87. The first-order valence-corrected chi connectivity index (χ1v) is 11.0. The van der Waals surface area contributed by atoms with Crippen molar-refractivity contribution in [2.45, 2.75) is 13.3 Å². The van der Waals surface area contributed by atoms with Crippen LogP contribution in [0.15, 0.2) is 72.8 Å². The number of rotatable bonds is 6. The van der Waals surface area contributed by atoms with E-state index in [-0.39, 0.29) is 17.6 Å². The topological polar surface area (TPSA) is 63.2 Å². The molecular weight excluding hydrogens is 426 g/mol. The fourth-order valence-corrected chi connectivity index (χ4v) is 4.22. The maximum absolute atomic E-state index is 12.0. The van der Waals surface area contributed by atoms with Crippen LogP contribution in [0.4, 0.5) is 5.69 Å². The van der Waals surface area contributed by atoms with Crippen molar-refractivity contribution in [1.29, 1.82) is 0 Å². The predicted molar refractivity (Wildman–Crippen MR) is 130 cm³/mol. The van der Waals surface area contributed by atoms with E-state index in [1.54, 1.807) is 11.3 Å². The van der Waals surface area contributed by atoms with Gasteiger partial charge in [0.2, 0.25) is 0 Å². The number of carbonyl (C=O) groups excluding carboxylic acids is 1. The standard InChI is InChI=1S/C24H21N3O2S2/c1-16-6-12-19(13-7-16)29-15-22(28)27-24(30)25-18-10-8-17(9-11-18)14-23-26-20-4-2-3-5-21(20)31-23/h2-13H,14-15H2,1H3,(H2,25,27,28,30). The van der Waals surface area contributed by atoms with Crippen LogP contribution in [-0.2, 0) is 11.2 Å². The maximum atomic E-state index is 12.0. The number of amides is 1. The normalized spacial score (nSPS) is 10.6. The molecule has 0 saturated carbocycles. The molecule has 0 aliphatic heterocycles. The number of nitrogens with one attached hydrogen (secondary N) is 2. The van der Waals surface area contributed by atoms with Crippen LogP contribution in [-0.4, -0.2) is 22.6 Å². The van der Waals surface area contributed by atoms with E-state index in [1.807, 2.05) is 73.7 Å². The van der Waals surface area contributed by atoms with E-state index in [0.717, 1.165) is 33.8 Å². The Morgan fingerprint density at radius 1 is 1.03 bits per heavy atom. The highest BCUT2D eigenvalue weighted by Gasteiger charge is 2.07. The molecule has 0 fully saturated rings. The van der Waals surface area contributed by atoms with Crippen LogP contribution in [0, 0.1) is 6.92 Å². The van der Waals surface area contributed by atoms with E-state index >= 15 is 0 Å². The third-order valence-corrected chi connectivity index (χ3v) is 5.79. The lowest BCUT2D eigenvalue weighted by atomic mass is 10.1. The number of anilines is 1. The van der Waals surface area contributed by atoms with Gasteiger partial charge >= 0.3 is 0 Å². The number of hydrogen-bond donors (Lipinski definition) is 2. The summed E-state index contributed by atoms with van der Waals surface area (Å²) >= 11 is 6.94. The van der Waals surface area contributed by atoms with Crippen molar-refractivity contribution >= 4 is 50.5 Å². The van der Waals surface area contributed by atoms with Crippen molar-refractivity contribution in [2.75, 3.05) is 11.9 Å². The molecule has 31 heavy (non-hydrogen) atoms. The zero-order chi connectivity index (χ0) is 21.6. The number of para-hydroxylation sites is 1. The summed E-state index contributed by atoms with van der Waals surface area (Å²) in [6.45, 7) is 1.89. The van der Waals surface area contributed by atoms with Gasteiger partial charge in [0.25, 0.3) is 5.91 Å². The lowest BCUT2D eigenvalue weighted by molar-refractivity contribution is -0.121. The minimum Gasteiger partial charge on any atom is -0.484 e. The van der Waals surface area contributed by atoms with Gasteiger partial charge in [0.1, 0.15) is 5.75 Å². The highest BCUT2D eigenvalue weighted by Crippen LogP contribution is 2.24. The Bertz CT molecular complexity index is 1170. The Balaban J connectivity index is 1.26. The average molecular weight is 448 g/mol. The van der Waals surface area contributed by atoms with Crippen LogP contribution in [0.5, 0.6) is 5.75 Å². The molecule has 2 N–H and O–H groups in total. The molecule has 0 bridgehead atoms. The van der Waals surface area contributed by atoms with Gasteiger partial charge in [0.15, 0.2) is 11.7 Å². The van der Waals surface area contributed by atoms with Crippen molar-refractivity contribution in [2.24, 2.45) is 0 Å². The van der Waals surface area contributed by atoms with Gasteiger partial charge in [-0.15, -0.1) is 11.3 Å². The highest BCUT2D eigenvalue weighted by molar-refractivity contribution is 7.80. The molecule has 156 valence electrons. The van der Waals surface area contributed by atoms with Crippen molar-refractivity contribution in [3.63, 3.8) is 0 Å². The molecule has 3 aromatic carbocycles. The van der Waals surface area contributed by atoms with Gasteiger partial charge in [0, 0.05) is 12.1 Å². The fourth-order valence-electron chi connectivity index (χ4n) is 2.98. The van der Waals surface area contributed by atoms with Crippen molar-refractivity contribution < 1.29 is 9.53 Å². The zero-order valence-electron chi connectivity index (χ0n) is 16.9. The monoisotopic (exact) mass is 447 g/mol. The molecule has 1 aromatic heterocycles. The first kappa shape index (κ1) is 21.0. The van der Waals surface area contributed by atoms with Crippen molar-refractivity contribution in [1.82, 2.24) is 10.3 Å². The van der Waals surface area contributed by atoms with Crippen LogP contribution in [0.1, 0.15) is 16.1 Å². The summed E-state index contributed by atoms with van der Waals surface area (Å²) in [7, 11) is 0. The molecule has 0 radical (unpaired) electrons. The average Bonchev–Trinajstić information content (AvgIpc) is 3.17. The molecule has 4 rings (SSSR count). The summed E-state index contributed by atoms with van der Waals surface area (Å²) in [4.78, 5) is 16.7. The molecule has 0 aliphatic rings. The smallest absolute Gasteiger partial charge is 0.264 e. The SMILES string of the molecule is Cc1ccc(OCC(=O)NC(=S)Nc2ccc(Cc3nc4ccccc4s3)cc2)cc1. The van der Waals surface area contributed by atoms with E-state index in [4.69, 9.17) is 17.0 Å². The summed E-state index contributed by atoms with van der Waals surface area (Å²) in [5.74, 6) is 0.328. The van der Waals surface area contributed by atoms with Gasteiger partial charge in [-0.1, -0.05) is 42.0 Å². The Hall–Kier alpha value is -3.29. The van der Waals surface area contributed by atoms with E-state index in [1.165, 1.54) is 4.70 Å². The quantitative estimate of drug-likeness (QED) is 0.403. The molecule has 1 amide bonds. The number of benzene rings is 3. The molecule has 7 heteroatoms. The molecule has 0 spiro atoms. The first-order chi connectivity index (χ1) is 15.0. The number of fused-ring (bicyclic) bond motifs is 1. The molecule has 5 nitrogen and oxygen atoms in total. The molecule has 0 aliphatic carbocycles. The van der Waals surface area contributed by atoms with Gasteiger partial charge in [-0.2, -0.15) is 0 Å². The number of ether oxygens (including phenoxy) is 1. The lowest BCUT2D eigenvalue weighted by Crippen LogP contribution is -2.37. The molecule has 0 atom stereocenters. The number of thiazole rings is 1. The Labute approximate surface area is 190 Å². The van der Waals surface area contributed by atoms with E-state index in [2.05, 4.69) is 21.7 Å². The Kier molecular flexibility index (Phi) is 6.54. The minimum atomic E-state index is -0.314. The molecule has 1 heterocycles. The lowest BCUT2D eigenvalue weighted by Gasteiger charge is -2.11. The maximum Gasteiger partial charge on any atom is 0.264 e. The van der Waals surface area contributed by atoms with E-state index in [0.29, 0.717) is 5.75 Å². The van der Waals surface area contributed by atoms with Gasteiger partial charge in [-0.25, -0.2) is 4.98 Å². The van der Waals surface area contributed by atoms with Gasteiger partial charge in [-0.05, 0) is 61.1 Å². The summed E-state index contributed by atoms with van der Waals surface area (Å²) in [5.41, 5.74) is 4.13. The van der Waals surface area contributed by atoms with Gasteiger partial charge in [-0.3, -0.25) is 10.1 Å². The number of thiocarbonyl (C=S) groups is 1. The first-order valence-electron chi connectivity index (χ1n) is 9.79. The molecule has 0 saturated heterocycles. The highest BCUT2D eigenvalue weighted by atomic mass is 32.1. The summed E-state index contributed by atoms with van der Waals surface area (Å²) in [6.07, 6.45) is 0.775. The number of aromatic nitrogens is 1. The number of carbonyl (C=O) groups is 1. The Morgan fingerprint density at radius 3 is 2.52 bits per heavy atom. The second-order valence-electron chi connectivity index (χ2n) is 7.05. The van der Waals surface area contributed by atoms with Gasteiger partial charge in [0.05, 0.1) is 15.2 Å². The molecule has 0 unspecified atom stereocenters. The Morgan fingerprint density at radius 2 is 1.77 bits per heavy atom. The second kappa shape index (κ2) is 9.68. The summed E-state index contributed by atoms with van der Waals surface area (Å²) in [5, 5.41) is 6.96. The van der Waals surface area contributed by atoms with Crippen LogP contribution in [0.25, 0.3) is 10.2 Å². The van der Waals surface area contributed by atoms with Gasteiger partial charge < -0.3 is 10.1 Å². The van der Waals surface area contributed by atoms with Crippen LogP contribution >= 0.6 is 23.6 Å². The van der Waals surface area contributed by atoms with Crippen LogP contribution in [0.2, 0.25) is 0 Å². The molecule has 4 aromatic rings. The largest absolute Gasteiger partial charge is 0.484 e. The van der Waals surface area contributed by atoms with Crippen LogP contribution < -0.4 is 15.4 Å². The minimum absolute atomic E-state index is 0.105.